The summed E-state index contributed by atoms with van der Waals surface area (Å²) in [6.07, 6.45) is 7.90. The van der Waals surface area contributed by atoms with Crippen LogP contribution in [0.25, 0.3) is 10.9 Å². The van der Waals surface area contributed by atoms with E-state index >= 15 is 0 Å². The Bertz CT molecular complexity index is 1460. The minimum Gasteiger partial charge on any atom is -0.410 e. The smallest absolute Gasteiger partial charge is 0.410 e. The monoisotopic (exact) mass is 575 g/mol. The number of likely N-dealkylation sites (tertiary alicyclic amines) is 1. The molecule has 40 heavy (non-hydrogen) atoms. The van der Waals surface area contributed by atoms with Crippen molar-refractivity contribution < 1.29 is 9.53 Å². The molecular weight excluding hydrogens is 541 g/mol. The largest absolute Gasteiger partial charge is 0.416 e. The SMILES string of the molecule is O=C(Oc1ccc(Cl)cc1)N1CCc2c([nH]c3ccc(Cl)cc23)C1c1ccc(CCCCN2CCCCC2)cc1. The van der Waals surface area contributed by atoms with Crippen LogP contribution in [0.5, 0.6) is 5.75 Å². The van der Waals surface area contributed by atoms with E-state index in [1.54, 1.807) is 24.3 Å². The molecule has 1 aromatic heterocycles. The number of carbonyl (C=O) groups excluding carboxylic acids is 1. The normalized spacial score (nSPS) is 17.6. The number of carbonyl (C=O) groups is 1. The lowest BCUT2D eigenvalue weighted by molar-refractivity contribution is 0.135. The van der Waals surface area contributed by atoms with Crippen molar-refractivity contribution in [3.05, 3.63) is 99.2 Å². The highest BCUT2D eigenvalue weighted by Crippen LogP contribution is 2.39. The first-order valence-electron chi connectivity index (χ1n) is 14.4. The number of fused-ring (bicyclic) bond motifs is 3. The predicted molar refractivity (Wildman–Crippen MR) is 163 cm³/mol. The van der Waals surface area contributed by atoms with E-state index in [1.807, 2.05) is 23.1 Å². The zero-order valence-electron chi connectivity index (χ0n) is 22.7. The van der Waals surface area contributed by atoms with Crippen molar-refractivity contribution in [2.45, 2.75) is 51.0 Å². The van der Waals surface area contributed by atoms with Crippen LogP contribution in [0, 0.1) is 0 Å². The van der Waals surface area contributed by atoms with Gasteiger partial charge in [0, 0.05) is 33.2 Å². The first-order valence-corrected chi connectivity index (χ1v) is 15.2. The van der Waals surface area contributed by atoms with Gasteiger partial charge in [-0.25, -0.2) is 4.79 Å². The Balaban J connectivity index is 1.22. The van der Waals surface area contributed by atoms with E-state index in [0.29, 0.717) is 22.3 Å². The first kappa shape index (κ1) is 27.2. The van der Waals surface area contributed by atoms with Crippen LogP contribution in [0.3, 0.4) is 0 Å². The Morgan fingerprint density at radius 3 is 2.40 bits per heavy atom. The molecule has 2 aliphatic heterocycles. The number of amides is 1. The van der Waals surface area contributed by atoms with E-state index in [4.69, 9.17) is 27.9 Å². The van der Waals surface area contributed by atoms with E-state index in [-0.39, 0.29) is 12.1 Å². The van der Waals surface area contributed by atoms with Gasteiger partial charge in [-0.05, 0) is 117 Å². The molecule has 5 nitrogen and oxygen atoms in total. The number of piperidine rings is 1. The van der Waals surface area contributed by atoms with Crippen molar-refractivity contribution in [1.82, 2.24) is 14.8 Å². The fraction of sp³-hybridized carbons (Fsp3) is 0.364. The molecular formula is C33H35Cl2N3O2. The average Bonchev–Trinajstić information content (AvgIpc) is 3.35. The summed E-state index contributed by atoms with van der Waals surface area (Å²) in [5.41, 5.74) is 5.64. The number of benzene rings is 3. The van der Waals surface area contributed by atoms with Crippen molar-refractivity contribution in [1.29, 1.82) is 0 Å². The molecule has 1 unspecified atom stereocenters. The number of nitrogens with zero attached hydrogens (tertiary/aromatic N) is 2. The Hall–Kier alpha value is -2.99. The van der Waals surface area contributed by atoms with Crippen molar-refractivity contribution in [3.63, 3.8) is 0 Å². The number of hydrogen-bond acceptors (Lipinski definition) is 3. The van der Waals surface area contributed by atoms with Gasteiger partial charge in [0.2, 0.25) is 0 Å². The Morgan fingerprint density at radius 1 is 0.875 bits per heavy atom. The average molecular weight is 577 g/mol. The molecule has 0 radical (unpaired) electrons. The van der Waals surface area contributed by atoms with Crippen LogP contribution in [-0.2, 0) is 12.8 Å². The maximum atomic E-state index is 13.5. The van der Waals surface area contributed by atoms with Gasteiger partial charge in [0.05, 0.1) is 0 Å². The third-order valence-electron chi connectivity index (χ3n) is 8.28. The number of nitrogens with one attached hydrogen (secondary N) is 1. The summed E-state index contributed by atoms with van der Waals surface area (Å²) < 4.78 is 5.80. The molecule has 1 amide bonds. The fourth-order valence-electron chi connectivity index (χ4n) is 6.18. The molecule has 1 atom stereocenters. The topological polar surface area (TPSA) is 48.6 Å². The summed E-state index contributed by atoms with van der Waals surface area (Å²) in [5.74, 6) is 0.474. The minimum absolute atomic E-state index is 0.289. The number of halogens is 2. The van der Waals surface area contributed by atoms with Gasteiger partial charge in [-0.3, -0.25) is 4.90 Å². The second kappa shape index (κ2) is 12.3. The molecule has 0 saturated carbocycles. The number of aryl methyl sites for hydroxylation is 1. The maximum Gasteiger partial charge on any atom is 0.416 e. The lowest BCUT2D eigenvalue weighted by atomic mass is 9.92. The van der Waals surface area contributed by atoms with Crippen LogP contribution in [-0.4, -0.2) is 47.1 Å². The van der Waals surface area contributed by atoms with Gasteiger partial charge in [-0.1, -0.05) is 53.9 Å². The Labute approximate surface area is 246 Å². The van der Waals surface area contributed by atoms with E-state index in [9.17, 15) is 4.79 Å². The van der Waals surface area contributed by atoms with Gasteiger partial charge in [0.15, 0.2) is 0 Å². The summed E-state index contributed by atoms with van der Waals surface area (Å²) in [5, 5.41) is 2.42. The lowest BCUT2D eigenvalue weighted by Crippen LogP contribution is -2.42. The summed E-state index contributed by atoms with van der Waals surface area (Å²) in [6, 6.07) is 21.3. The highest BCUT2D eigenvalue weighted by Gasteiger charge is 2.35. The summed E-state index contributed by atoms with van der Waals surface area (Å²) in [7, 11) is 0. The molecule has 0 aliphatic carbocycles. The molecule has 0 spiro atoms. The second-order valence-electron chi connectivity index (χ2n) is 11.0. The van der Waals surface area contributed by atoms with Gasteiger partial charge in [0.1, 0.15) is 11.8 Å². The molecule has 3 aromatic carbocycles. The molecule has 0 bridgehead atoms. The summed E-state index contributed by atoms with van der Waals surface area (Å²) in [4.78, 5) is 21.6. The van der Waals surface area contributed by atoms with Gasteiger partial charge < -0.3 is 14.6 Å². The van der Waals surface area contributed by atoms with Gasteiger partial charge >= 0.3 is 6.09 Å². The molecule has 7 heteroatoms. The van der Waals surface area contributed by atoms with Crippen LogP contribution in [0.15, 0.2) is 66.7 Å². The summed E-state index contributed by atoms with van der Waals surface area (Å²) in [6.45, 7) is 4.27. The van der Waals surface area contributed by atoms with Crippen molar-refractivity contribution in [2.75, 3.05) is 26.2 Å². The van der Waals surface area contributed by atoms with Crippen LogP contribution in [0.1, 0.15) is 60.5 Å². The van der Waals surface area contributed by atoms with E-state index < -0.39 is 0 Å². The molecule has 1 fully saturated rings. The van der Waals surface area contributed by atoms with Crippen molar-refractivity contribution in [2.24, 2.45) is 0 Å². The zero-order valence-corrected chi connectivity index (χ0v) is 24.2. The van der Waals surface area contributed by atoms with Crippen molar-refractivity contribution >= 4 is 40.2 Å². The number of hydrogen-bond donors (Lipinski definition) is 1. The standard InChI is InChI=1S/C33H35Cl2N3O2/c34-25-11-14-27(15-12-25)40-33(39)38-21-17-28-29-22-26(35)13-16-30(29)36-31(28)32(38)24-9-7-23(8-10-24)6-2-5-20-37-18-3-1-4-19-37/h7-16,22,32,36H,1-6,17-21H2. The maximum absolute atomic E-state index is 13.5. The molecule has 1 saturated heterocycles. The third kappa shape index (κ3) is 6.02. The number of aromatic amines is 1. The highest BCUT2D eigenvalue weighted by atomic mass is 35.5. The number of rotatable bonds is 7. The van der Waals surface area contributed by atoms with Gasteiger partial charge in [0.25, 0.3) is 0 Å². The number of ether oxygens (including phenoxy) is 1. The molecule has 6 rings (SSSR count). The predicted octanol–water partition coefficient (Wildman–Crippen LogP) is 8.43. The van der Waals surface area contributed by atoms with Gasteiger partial charge in [-0.15, -0.1) is 0 Å². The van der Waals surface area contributed by atoms with Crippen LogP contribution < -0.4 is 4.74 Å². The molecule has 208 valence electrons. The Morgan fingerprint density at radius 2 is 1.62 bits per heavy atom. The van der Waals surface area contributed by atoms with Gasteiger partial charge in [-0.2, -0.15) is 0 Å². The second-order valence-corrected chi connectivity index (χ2v) is 11.8. The molecule has 1 N–H and O–H groups in total. The van der Waals surface area contributed by atoms with E-state index in [0.717, 1.165) is 35.0 Å². The summed E-state index contributed by atoms with van der Waals surface area (Å²) >= 11 is 12.4. The molecule has 2 aliphatic rings. The number of H-pyrrole nitrogens is 1. The number of aromatic nitrogens is 1. The first-order chi connectivity index (χ1) is 19.5. The lowest BCUT2D eigenvalue weighted by Gasteiger charge is -2.35. The number of unbranched alkanes of at least 4 members (excludes halogenated alkanes) is 1. The molecule has 3 heterocycles. The van der Waals surface area contributed by atoms with Crippen LogP contribution >= 0.6 is 23.2 Å². The van der Waals surface area contributed by atoms with Crippen LogP contribution in [0.4, 0.5) is 4.79 Å². The van der Waals surface area contributed by atoms with Crippen molar-refractivity contribution in [3.8, 4) is 5.75 Å². The van der Waals surface area contributed by atoms with E-state index in [2.05, 4.69) is 34.1 Å². The Kier molecular flexibility index (Phi) is 8.33. The van der Waals surface area contributed by atoms with Crippen LogP contribution in [0.2, 0.25) is 10.0 Å². The zero-order chi connectivity index (χ0) is 27.5. The fourth-order valence-corrected chi connectivity index (χ4v) is 6.48. The third-order valence-corrected chi connectivity index (χ3v) is 8.76. The highest BCUT2D eigenvalue weighted by molar-refractivity contribution is 6.31. The minimum atomic E-state index is -0.378. The molecule has 4 aromatic rings. The quantitative estimate of drug-likeness (QED) is 0.225. The van der Waals surface area contributed by atoms with E-state index in [1.165, 1.54) is 62.9 Å².